The van der Waals surface area contributed by atoms with Gasteiger partial charge < -0.3 is 9.88 Å². The summed E-state index contributed by atoms with van der Waals surface area (Å²) in [6, 6.07) is 5.77. The van der Waals surface area contributed by atoms with E-state index in [9.17, 15) is 17.6 Å². The van der Waals surface area contributed by atoms with E-state index in [1.165, 1.54) is 50.1 Å². The highest BCUT2D eigenvalue weighted by Crippen LogP contribution is 2.26. The van der Waals surface area contributed by atoms with E-state index in [2.05, 4.69) is 10.0 Å². The second-order valence-corrected chi connectivity index (χ2v) is 7.43. The minimum Gasteiger partial charge on any atom is -0.351 e. The summed E-state index contributed by atoms with van der Waals surface area (Å²) in [6.07, 6.45) is 1.33. The highest BCUT2D eigenvalue weighted by atomic mass is 32.2. The number of benzene rings is 1. The molecule has 2 aromatic rings. The number of hydrogen-bond donors (Lipinski definition) is 2. The van der Waals surface area contributed by atoms with E-state index >= 15 is 0 Å². The van der Waals surface area contributed by atoms with Crippen LogP contribution in [0.2, 0.25) is 0 Å². The number of hydrogen-bond acceptors (Lipinski definition) is 4. The molecule has 0 bridgehead atoms. The second-order valence-electron chi connectivity index (χ2n) is 5.55. The monoisotopic (exact) mass is 414 g/mol. The van der Waals surface area contributed by atoms with Gasteiger partial charge in [-0.05, 0) is 24.6 Å². The zero-order valence-corrected chi connectivity index (χ0v) is 18.6. The van der Waals surface area contributed by atoms with Gasteiger partial charge in [0.2, 0.25) is 0 Å². The number of anilines is 3. The Hall–Kier alpha value is -2.39. The Bertz CT molecular complexity index is 925. The summed E-state index contributed by atoms with van der Waals surface area (Å²) in [4.78, 5) is 11.9. The van der Waals surface area contributed by atoms with Crippen molar-refractivity contribution in [2.24, 2.45) is 7.05 Å². The first-order valence-corrected chi connectivity index (χ1v) is 10.5. The normalized spacial score (nSPS) is 10.4. The fourth-order valence-electron chi connectivity index (χ4n) is 1.91. The molecule has 0 aliphatic heterocycles. The van der Waals surface area contributed by atoms with Crippen LogP contribution in [0.15, 0.2) is 35.3 Å². The second kappa shape index (κ2) is 11.5. The van der Waals surface area contributed by atoms with Crippen molar-refractivity contribution in [2.75, 3.05) is 24.1 Å². The van der Waals surface area contributed by atoms with Crippen LogP contribution in [0.3, 0.4) is 0 Å². The SMILES string of the molecule is CC.CC.Cc1ccc(Nc2cc(=O)n(C)cc2NS(=O)(=O)N(C)C)c(F)c1. The highest BCUT2D eigenvalue weighted by molar-refractivity contribution is 7.90. The van der Waals surface area contributed by atoms with E-state index in [-0.39, 0.29) is 22.6 Å². The number of halogens is 1. The van der Waals surface area contributed by atoms with Gasteiger partial charge >= 0.3 is 10.2 Å². The molecular formula is C19H31FN4O3S. The van der Waals surface area contributed by atoms with Crippen molar-refractivity contribution in [1.29, 1.82) is 0 Å². The summed E-state index contributed by atoms with van der Waals surface area (Å²) >= 11 is 0. The third kappa shape index (κ3) is 6.97. The lowest BCUT2D eigenvalue weighted by Crippen LogP contribution is -2.30. The Kier molecular flexibility index (Phi) is 10.5. The first kappa shape index (κ1) is 25.6. The third-order valence-corrected chi connectivity index (χ3v) is 4.78. The maximum atomic E-state index is 14.0. The molecule has 9 heteroatoms. The molecule has 0 radical (unpaired) electrons. The Labute approximate surface area is 167 Å². The molecule has 1 aromatic heterocycles. The lowest BCUT2D eigenvalue weighted by molar-refractivity contribution is 0.527. The predicted molar refractivity (Wildman–Crippen MR) is 115 cm³/mol. The number of pyridine rings is 1. The van der Waals surface area contributed by atoms with Crippen LogP contribution in [-0.2, 0) is 17.3 Å². The number of nitrogens with one attached hydrogen (secondary N) is 2. The molecule has 0 spiro atoms. The Morgan fingerprint density at radius 1 is 1.00 bits per heavy atom. The average molecular weight is 415 g/mol. The zero-order valence-electron chi connectivity index (χ0n) is 17.8. The van der Waals surface area contributed by atoms with Gasteiger partial charge in [-0.15, -0.1) is 0 Å². The molecule has 1 aromatic carbocycles. The topological polar surface area (TPSA) is 83.4 Å². The van der Waals surface area contributed by atoms with E-state index in [0.717, 1.165) is 9.87 Å². The van der Waals surface area contributed by atoms with Gasteiger partial charge in [0.15, 0.2) is 0 Å². The molecule has 0 unspecified atom stereocenters. The molecule has 2 N–H and O–H groups in total. The zero-order chi connectivity index (χ0) is 22.1. The quantitative estimate of drug-likeness (QED) is 0.778. The highest BCUT2D eigenvalue weighted by Gasteiger charge is 2.17. The largest absolute Gasteiger partial charge is 0.351 e. The first-order chi connectivity index (χ1) is 13.1. The molecule has 0 saturated carbocycles. The van der Waals surface area contributed by atoms with Crippen molar-refractivity contribution in [3.8, 4) is 0 Å². The molecule has 2 rings (SSSR count). The smallest absolute Gasteiger partial charge is 0.301 e. The molecule has 0 amide bonds. The van der Waals surface area contributed by atoms with Crippen LogP contribution in [0.4, 0.5) is 21.5 Å². The lowest BCUT2D eigenvalue weighted by atomic mass is 10.2. The predicted octanol–water partition coefficient (Wildman–Crippen LogP) is 3.85. The minimum absolute atomic E-state index is 0.130. The van der Waals surface area contributed by atoms with Crippen molar-refractivity contribution in [2.45, 2.75) is 34.6 Å². The summed E-state index contributed by atoms with van der Waals surface area (Å²) in [6.45, 7) is 9.75. The molecule has 0 fully saturated rings. The molecule has 158 valence electrons. The number of aryl methyl sites for hydroxylation is 2. The van der Waals surface area contributed by atoms with Crippen molar-refractivity contribution in [3.05, 3.63) is 52.2 Å². The molecular weight excluding hydrogens is 383 g/mol. The Morgan fingerprint density at radius 3 is 2.07 bits per heavy atom. The molecule has 1 heterocycles. The van der Waals surface area contributed by atoms with Gasteiger partial charge in [-0.3, -0.25) is 9.52 Å². The summed E-state index contributed by atoms with van der Waals surface area (Å²) < 4.78 is 42.7. The van der Waals surface area contributed by atoms with Crippen molar-refractivity contribution < 1.29 is 12.8 Å². The van der Waals surface area contributed by atoms with E-state index in [0.29, 0.717) is 0 Å². The standard InChI is InChI=1S/C15H19FN4O3S.2C2H6/c1-10-5-6-12(11(16)7-10)17-13-8-15(21)20(4)9-14(13)18-24(22,23)19(2)3;2*1-2/h5-9,17-18H,1-4H3;2*1-2H3. The molecule has 0 atom stereocenters. The fourth-order valence-corrected chi connectivity index (χ4v) is 2.53. The van der Waals surface area contributed by atoms with Gasteiger partial charge in [0.1, 0.15) is 5.82 Å². The molecule has 28 heavy (non-hydrogen) atoms. The lowest BCUT2D eigenvalue weighted by Gasteiger charge is -2.18. The molecule has 0 aliphatic carbocycles. The number of nitrogens with zero attached hydrogens (tertiary/aromatic N) is 2. The fraction of sp³-hybridized carbons (Fsp3) is 0.421. The van der Waals surface area contributed by atoms with Gasteiger partial charge in [-0.2, -0.15) is 12.7 Å². The van der Waals surface area contributed by atoms with E-state index < -0.39 is 16.0 Å². The molecule has 0 saturated heterocycles. The average Bonchev–Trinajstić information content (AvgIpc) is 2.64. The van der Waals surface area contributed by atoms with Gasteiger partial charge in [0, 0.05) is 33.4 Å². The summed E-state index contributed by atoms with van der Waals surface area (Å²) in [5.41, 5.74) is 0.810. The number of rotatable bonds is 5. The van der Waals surface area contributed by atoms with Crippen molar-refractivity contribution in [1.82, 2.24) is 8.87 Å². The van der Waals surface area contributed by atoms with Gasteiger partial charge in [0.25, 0.3) is 5.56 Å². The molecule has 0 aliphatic rings. The van der Waals surface area contributed by atoms with Crippen LogP contribution >= 0.6 is 0 Å². The van der Waals surface area contributed by atoms with Crippen LogP contribution in [0, 0.1) is 12.7 Å². The summed E-state index contributed by atoms with van der Waals surface area (Å²) in [5, 5.41) is 2.76. The van der Waals surface area contributed by atoms with E-state index in [4.69, 9.17) is 0 Å². The maximum absolute atomic E-state index is 14.0. The van der Waals surface area contributed by atoms with Crippen molar-refractivity contribution >= 4 is 27.3 Å². The van der Waals surface area contributed by atoms with Gasteiger partial charge in [-0.1, -0.05) is 33.8 Å². The van der Waals surface area contributed by atoms with Crippen LogP contribution in [0.25, 0.3) is 0 Å². The van der Waals surface area contributed by atoms with Crippen LogP contribution in [-0.4, -0.2) is 31.4 Å². The summed E-state index contributed by atoms with van der Waals surface area (Å²) in [7, 11) is 0.458. The summed E-state index contributed by atoms with van der Waals surface area (Å²) in [5.74, 6) is -0.503. The van der Waals surface area contributed by atoms with Crippen LogP contribution < -0.4 is 15.6 Å². The van der Waals surface area contributed by atoms with Gasteiger partial charge in [0.05, 0.1) is 17.1 Å². The van der Waals surface area contributed by atoms with Crippen LogP contribution in [0.5, 0.6) is 0 Å². The third-order valence-electron chi connectivity index (χ3n) is 3.34. The van der Waals surface area contributed by atoms with E-state index in [1.807, 2.05) is 27.7 Å². The minimum atomic E-state index is -3.78. The first-order valence-electron chi connectivity index (χ1n) is 9.04. The maximum Gasteiger partial charge on any atom is 0.301 e. The van der Waals surface area contributed by atoms with E-state index in [1.54, 1.807) is 13.0 Å². The molecule has 7 nitrogen and oxygen atoms in total. The van der Waals surface area contributed by atoms with Crippen molar-refractivity contribution in [3.63, 3.8) is 0 Å². The Balaban J connectivity index is 0.00000171. The van der Waals surface area contributed by atoms with Crippen LogP contribution in [0.1, 0.15) is 33.3 Å². The number of aromatic nitrogens is 1. The van der Waals surface area contributed by atoms with Gasteiger partial charge in [-0.25, -0.2) is 4.39 Å². The Morgan fingerprint density at radius 2 is 1.57 bits per heavy atom.